The summed E-state index contributed by atoms with van der Waals surface area (Å²) in [5.41, 5.74) is 2.30. The average molecular weight is 469 g/mol. The molecule has 4 rings (SSSR count). The van der Waals surface area contributed by atoms with E-state index in [9.17, 15) is 13.2 Å². The second-order valence-corrected chi connectivity index (χ2v) is 8.50. The van der Waals surface area contributed by atoms with Crippen molar-refractivity contribution in [1.29, 1.82) is 0 Å². The lowest BCUT2D eigenvalue weighted by Gasteiger charge is -2.29. The second kappa shape index (κ2) is 10.1. The van der Waals surface area contributed by atoms with Gasteiger partial charge in [0.1, 0.15) is 0 Å². The first-order chi connectivity index (χ1) is 14.4. The van der Waals surface area contributed by atoms with Crippen molar-refractivity contribution in [2.45, 2.75) is 30.7 Å². The number of hydrogen-bond acceptors (Lipinski definition) is 4. The van der Waals surface area contributed by atoms with E-state index in [0.29, 0.717) is 6.54 Å². The number of halogens is 4. The Labute approximate surface area is 190 Å². The van der Waals surface area contributed by atoms with Crippen LogP contribution in [0, 0.1) is 0 Å². The van der Waals surface area contributed by atoms with E-state index in [4.69, 9.17) is 0 Å². The monoisotopic (exact) mass is 468 g/mol. The van der Waals surface area contributed by atoms with Gasteiger partial charge in [0.25, 0.3) is 0 Å². The zero-order chi connectivity index (χ0) is 21.1. The highest BCUT2D eigenvalue weighted by atomic mass is 35.5. The maximum atomic E-state index is 13.0. The van der Waals surface area contributed by atoms with Crippen LogP contribution in [0.25, 0.3) is 11.4 Å². The molecule has 0 fully saturated rings. The highest BCUT2D eigenvalue weighted by Gasteiger charge is 2.31. The van der Waals surface area contributed by atoms with Crippen molar-refractivity contribution < 1.29 is 13.2 Å². The van der Waals surface area contributed by atoms with Crippen molar-refractivity contribution in [2.75, 3.05) is 18.8 Å². The molecule has 0 saturated carbocycles. The number of alkyl halides is 3. The zero-order valence-electron chi connectivity index (χ0n) is 17.1. The van der Waals surface area contributed by atoms with Crippen LogP contribution in [0.2, 0.25) is 0 Å². The van der Waals surface area contributed by atoms with Crippen LogP contribution in [0.1, 0.15) is 23.1 Å². The third-order valence-electron chi connectivity index (χ3n) is 5.34. The van der Waals surface area contributed by atoms with Gasteiger partial charge < -0.3 is 4.57 Å². The van der Waals surface area contributed by atoms with Gasteiger partial charge in [0.15, 0.2) is 11.0 Å². The second-order valence-electron chi connectivity index (χ2n) is 7.44. The average Bonchev–Trinajstić information content (AvgIpc) is 3.11. The van der Waals surface area contributed by atoms with Gasteiger partial charge in [0.05, 0.1) is 5.56 Å². The van der Waals surface area contributed by atoms with Crippen LogP contribution in [-0.2, 0) is 26.2 Å². The fourth-order valence-electron chi connectivity index (χ4n) is 3.71. The minimum atomic E-state index is -4.29. The van der Waals surface area contributed by atoms with Crippen LogP contribution in [0.15, 0.2) is 53.7 Å². The molecule has 0 unspecified atom stereocenters. The molecular weight excluding hydrogens is 445 g/mol. The first-order valence-electron chi connectivity index (χ1n) is 9.91. The molecule has 1 aliphatic heterocycles. The molecule has 4 nitrogen and oxygen atoms in total. The van der Waals surface area contributed by atoms with E-state index >= 15 is 0 Å². The summed E-state index contributed by atoms with van der Waals surface area (Å²) in [7, 11) is 1.96. The van der Waals surface area contributed by atoms with Gasteiger partial charge in [-0.1, -0.05) is 48.2 Å². The normalized spacial score (nSPS) is 14.2. The lowest BCUT2D eigenvalue weighted by Crippen LogP contribution is -2.31. The van der Waals surface area contributed by atoms with Gasteiger partial charge >= 0.3 is 6.18 Å². The van der Waals surface area contributed by atoms with E-state index in [0.717, 1.165) is 59.4 Å². The molecule has 1 aromatic heterocycles. The Kier molecular flexibility index (Phi) is 7.67. The number of aromatic nitrogens is 3. The lowest BCUT2D eigenvalue weighted by molar-refractivity contribution is -0.137. The largest absolute Gasteiger partial charge is 0.416 e. The summed E-state index contributed by atoms with van der Waals surface area (Å²) in [4.78, 5) is 2.23. The molecule has 3 aromatic rings. The van der Waals surface area contributed by atoms with E-state index in [2.05, 4.69) is 15.1 Å². The number of hydrogen-bond donors (Lipinski definition) is 0. The molecule has 0 atom stereocenters. The summed E-state index contributed by atoms with van der Waals surface area (Å²) in [6.07, 6.45) is -2.56. The Morgan fingerprint density at radius 1 is 1.03 bits per heavy atom. The van der Waals surface area contributed by atoms with Crippen LogP contribution >= 0.6 is 24.2 Å². The highest BCUT2D eigenvalue weighted by Crippen LogP contribution is 2.32. The van der Waals surface area contributed by atoms with Gasteiger partial charge in [-0.05, 0) is 42.6 Å². The summed E-state index contributed by atoms with van der Waals surface area (Å²) in [5, 5.41) is 9.46. The predicted octanol–water partition coefficient (Wildman–Crippen LogP) is 5.46. The van der Waals surface area contributed by atoms with Crippen molar-refractivity contribution in [3.05, 3.63) is 65.2 Å². The smallest absolute Gasteiger partial charge is 0.305 e. The van der Waals surface area contributed by atoms with Gasteiger partial charge in [-0.25, -0.2) is 0 Å². The topological polar surface area (TPSA) is 34.0 Å². The van der Waals surface area contributed by atoms with E-state index in [1.807, 2.05) is 41.9 Å². The first-order valence-corrected chi connectivity index (χ1v) is 10.9. The van der Waals surface area contributed by atoms with E-state index in [1.165, 1.54) is 12.1 Å². The Balaban J connectivity index is 0.00000272. The number of thioether (sulfide) groups is 1. The highest BCUT2D eigenvalue weighted by molar-refractivity contribution is 7.99. The number of nitrogens with zero attached hydrogens (tertiary/aromatic N) is 4. The fraction of sp³-hybridized carbons (Fsp3) is 0.364. The van der Waals surface area contributed by atoms with Gasteiger partial charge in [-0.15, -0.1) is 22.6 Å². The Hall–Kier alpha value is -2.03. The van der Waals surface area contributed by atoms with E-state index in [-0.39, 0.29) is 12.4 Å². The summed E-state index contributed by atoms with van der Waals surface area (Å²) in [6.45, 7) is 2.31. The Morgan fingerprint density at radius 3 is 2.55 bits per heavy atom. The van der Waals surface area contributed by atoms with E-state index < -0.39 is 11.7 Å². The van der Waals surface area contributed by atoms with Crippen molar-refractivity contribution >= 4 is 24.2 Å². The lowest BCUT2D eigenvalue weighted by atomic mass is 9.97. The number of rotatable bonds is 6. The van der Waals surface area contributed by atoms with Crippen molar-refractivity contribution in [1.82, 2.24) is 19.7 Å². The third-order valence-corrected chi connectivity index (χ3v) is 6.45. The molecule has 0 bridgehead atoms. The van der Waals surface area contributed by atoms with Crippen LogP contribution < -0.4 is 0 Å². The van der Waals surface area contributed by atoms with Crippen LogP contribution in [0.3, 0.4) is 0 Å². The Morgan fingerprint density at radius 2 is 1.81 bits per heavy atom. The SMILES string of the molecule is Cl.Cn1c(SCCCN2CCc3ccc(C(F)(F)F)cc3C2)nnc1-c1ccccc1. The molecule has 166 valence electrons. The molecule has 0 N–H and O–H groups in total. The molecule has 0 amide bonds. The number of benzene rings is 2. The van der Waals surface area contributed by atoms with Gasteiger partial charge in [0, 0.05) is 31.5 Å². The number of fused-ring (bicyclic) bond motifs is 1. The fourth-order valence-corrected chi connectivity index (χ4v) is 4.55. The third kappa shape index (κ3) is 5.61. The quantitative estimate of drug-likeness (QED) is 0.355. The summed E-state index contributed by atoms with van der Waals surface area (Å²) in [5.74, 6) is 1.72. The zero-order valence-corrected chi connectivity index (χ0v) is 18.7. The van der Waals surface area contributed by atoms with Gasteiger partial charge in [0.2, 0.25) is 0 Å². The van der Waals surface area contributed by atoms with Crippen molar-refractivity contribution in [3.63, 3.8) is 0 Å². The molecular formula is C22H24ClF3N4S. The van der Waals surface area contributed by atoms with Crippen molar-refractivity contribution in [3.8, 4) is 11.4 Å². The molecule has 0 radical (unpaired) electrons. The minimum absolute atomic E-state index is 0. The molecule has 31 heavy (non-hydrogen) atoms. The summed E-state index contributed by atoms with van der Waals surface area (Å²) in [6, 6.07) is 14.1. The molecule has 2 aromatic carbocycles. The summed E-state index contributed by atoms with van der Waals surface area (Å²) < 4.78 is 40.9. The summed E-state index contributed by atoms with van der Waals surface area (Å²) >= 11 is 1.66. The molecule has 9 heteroatoms. The maximum Gasteiger partial charge on any atom is 0.416 e. The Bertz CT molecular complexity index is 1010. The first kappa shape index (κ1) is 23.6. The van der Waals surface area contributed by atoms with Crippen LogP contribution in [-0.4, -0.2) is 38.5 Å². The molecule has 0 saturated heterocycles. The van der Waals surface area contributed by atoms with Crippen molar-refractivity contribution in [2.24, 2.45) is 7.05 Å². The molecule has 1 aliphatic rings. The molecule has 0 aliphatic carbocycles. The maximum absolute atomic E-state index is 13.0. The van der Waals surface area contributed by atoms with Gasteiger partial charge in [-0.3, -0.25) is 4.90 Å². The molecule has 2 heterocycles. The van der Waals surface area contributed by atoms with Crippen LogP contribution in [0.5, 0.6) is 0 Å². The van der Waals surface area contributed by atoms with Crippen LogP contribution in [0.4, 0.5) is 13.2 Å². The standard InChI is InChI=1S/C22H23F3N4S.ClH/c1-28-20(17-6-3-2-4-7-17)26-27-21(28)30-13-5-11-29-12-10-16-8-9-19(22(23,24)25)14-18(16)15-29;/h2-4,6-9,14H,5,10-13,15H2,1H3;1H. The predicted molar refractivity (Wildman–Crippen MR) is 119 cm³/mol. The van der Waals surface area contributed by atoms with Gasteiger partial charge in [-0.2, -0.15) is 13.2 Å². The molecule has 0 spiro atoms. The van der Waals surface area contributed by atoms with E-state index in [1.54, 1.807) is 17.8 Å². The minimum Gasteiger partial charge on any atom is -0.305 e.